The second kappa shape index (κ2) is 7.45. The Morgan fingerprint density at radius 1 is 1.36 bits per heavy atom. The quantitative estimate of drug-likeness (QED) is 0.796. The van der Waals surface area contributed by atoms with Crippen molar-refractivity contribution in [2.24, 2.45) is 0 Å². The SMILES string of the molecule is CN(C)S(=O)(=O)N1CCC[C@@H](c2ncc(Cc3ccccc3Cl)o2)C1. The molecule has 1 fully saturated rings. The number of benzene rings is 1. The van der Waals surface area contributed by atoms with E-state index in [4.69, 9.17) is 16.0 Å². The molecular formula is C17H22ClN3O3S. The van der Waals surface area contributed by atoms with E-state index in [-0.39, 0.29) is 5.92 Å². The molecule has 0 saturated carbocycles. The van der Waals surface area contributed by atoms with Crippen molar-refractivity contribution in [1.29, 1.82) is 0 Å². The van der Waals surface area contributed by atoms with Crippen molar-refractivity contribution in [3.8, 4) is 0 Å². The van der Waals surface area contributed by atoms with Crippen molar-refractivity contribution in [2.75, 3.05) is 27.2 Å². The molecule has 136 valence electrons. The van der Waals surface area contributed by atoms with Gasteiger partial charge in [0, 0.05) is 44.5 Å². The highest BCUT2D eigenvalue weighted by molar-refractivity contribution is 7.86. The Bertz CT molecular complexity index is 835. The molecule has 1 atom stereocenters. The molecule has 0 bridgehead atoms. The van der Waals surface area contributed by atoms with E-state index in [1.54, 1.807) is 20.3 Å². The van der Waals surface area contributed by atoms with E-state index in [0.29, 0.717) is 30.4 Å². The largest absolute Gasteiger partial charge is 0.445 e. The molecule has 0 amide bonds. The summed E-state index contributed by atoms with van der Waals surface area (Å²) in [6.45, 7) is 0.927. The van der Waals surface area contributed by atoms with Crippen LogP contribution in [0.3, 0.4) is 0 Å². The van der Waals surface area contributed by atoms with E-state index in [1.807, 2.05) is 24.3 Å². The van der Waals surface area contributed by atoms with Gasteiger partial charge in [-0.2, -0.15) is 17.0 Å². The highest BCUT2D eigenvalue weighted by Gasteiger charge is 2.33. The fraction of sp³-hybridized carbons (Fsp3) is 0.471. The van der Waals surface area contributed by atoms with E-state index in [1.165, 1.54) is 8.61 Å². The lowest BCUT2D eigenvalue weighted by molar-refractivity contribution is 0.270. The molecule has 2 aromatic rings. The lowest BCUT2D eigenvalue weighted by Crippen LogP contribution is -2.44. The number of halogens is 1. The number of piperidine rings is 1. The summed E-state index contributed by atoms with van der Waals surface area (Å²) < 4.78 is 33.3. The van der Waals surface area contributed by atoms with Crippen LogP contribution >= 0.6 is 11.6 Å². The van der Waals surface area contributed by atoms with Crippen LogP contribution in [0.4, 0.5) is 0 Å². The molecule has 2 heterocycles. The minimum absolute atomic E-state index is 0.0246. The van der Waals surface area contributed by atoms with Crippen LogP contribution < -0.4 is 0 Å². The lowest BCUT2D eigenvalue weighted by atomic mass is 10.00. The number of hydrogen-bond donors (Lipinski definition) is 0. The van der Waals surface area contributed by atoms with Crippen LogP contribution in [-0.4, -0.2) is 49.2 Å². The monoisotopic (exact) mass is 383 g/mol. The normalized spacial score (nSPS) is 19.4. The molecule has 3 rings (SSSR count). The molecule has 0 unspecified atom stereocenters. The molecule has 1 saturated heterocycles. The summed E-state index contributed by atoms with van der Waals surface area (Å²) in [7, 11) is -0.314. The Morgan fingerprint density at radius 2 is 2.12 bits per heavy atom. The van der Waals surface area contributed by atoms with Gasteiger partial charge in [-0.25, -0.2) is 4.98 Å². The number of aromatic nitrogens is 1. The molecule has 0 aliphatic carbocycles. The van der Waals surface area contributed by atoms with Gasteiger partial charge in [0.1, 0.15) is 5.76 Å². The van der Waals surface area contributed by atoms with Crippen LogP contribution in [0.1, 0.15) is 36.0 Å². The van der Waals surface area contributed by atoms with Gasteiger partial charge in [-0.15, -0.1) is 0 Å². The smallest absolute Gasteiger partial charge is 0.281 e. The molecular weight excluding hydrogens is 362 g/mol. The van der Waals surface area contributed by atoms with Gasteiger partial charge in [-0.05, 0) is 24.5 Å². The first-order valence-electron chi connectivity index (χ1n) is 8.23. The Hall–Kier alpha value is -1.41. The second-order valence-corrected chi connectivity index (χ2v) is 8.97. The van der Waals surface area contributed by atoms with E-state index >= 15 is 0 Å². The third kappa shape index (κ3) is 4.06. The van der Waals surface area contributed by atoms with Gasteiger partial charge in [-0.1, -0.05) is 29.8 Å². The van der Waals surface area contributed by atoms with Crippen molar-refractivity contribution in [2.45, 2.75) is 25.2 Å². The molecule has 0 spiro atoms. The maximum atomic E-state index is 12.3. The molecule has 1 aromatic heterocycles. The zero-order valence-corrected chi connectivity index (χ0v) is 15.9. The zero-order valence-electron chi connectivity index (χ0n) is 14.4. The van der Waals surface area contributed by atoms with Gasteiger partial charge in [0.25, 0.3) is 10.2 Å². The molecule has 8 heteroatoms. The van der Waals surface area contributed by atoms with Crippen molar-refractivity contribution in [3.63, 3.8) is 0 Å². The summed E-state index contributed by atoms with van der Waals surface area (Å²) in [5.74, 6) is 1.31. The van der Waals surface area contributed by atoms with Crippen LogP contribution in [0, 0.1) is 0 Å². The second-order valence-electron chi connectivity index (χ2n) is 6.42. The first-order valence-corrected chi connectivity index (χ1v) is 10.0. The van der Waals surface area contributed by atoms with Crippen molar-refractivity contribution in [1.82, 2.24) is 13.6 Å². The third-order valence-corrected chi connectivity index (χ3v) is 6.69. The maximum absolute atomic E-state index is 12.3. The Morgan fingerprint density at radius 3 is 2.84 bits per heavy atom. The Labute approximate surface area is 153 Å². The van der Waals surface area contributed by atoms with E-state index in [0.717, 1.165) is 24.2 Å². The number of rotatable bonds is 5. The first kappa shape index (κ1) is 18.4. The molecule has 25 heavy (non-hydrogen) atoms. The summed E-state index contributed by atoms with van der Waals surface area (Å²) in [5.41, 5.74) is 0.979. The fourth-order valence-corrected chi connectivity index (χ4v) is 4.40. The average Bonchev–Trinajstić information content (AvgIpc) is 3.05. The van der Waals surface area contributed by atoms with Crippen molar-refractivity contribution >= 4 is 21.8 Å². The first-order chi connectivity index (χ1) is 11.9. The molecule has 1 aliphatic heterocycles. The average molecular weight is 384 g/mol. The predicted octanol–water partition coefficient (Wildman–Crippen LogP) is 2.90. The number of hydrogen-bond acceptors (Lipinski definition) is 4. The number of nitrogens with zero attached hydrogens (tertiary/aromatic N) is 3. The summed E-state index contributed by atoms with van der Waals surface area (Å²) in [5, 5.41) is 0.696. The van der Waals surface area contributed by atoms with Crippen molar-refractivity contribution in [3.05, 3.63) is 52.7 Å². The Kier molecular flexibility index (Phi) is 5.48. The van der Waals surface area contributed by atoms with Crippen LogP contribution in [-0.2, 0) is 16.6 Å². The van der Waals surface area contributed by atoms with Crippen molar-refractivity contribution < 1.29 is 12.8 Å². The number of oxazole rings is 1. The molecule has 6 nitrogen and oxygen atoms in total. The van der Waals surface area contributed by atoms with Crippen LogP contribution in [0.2, 0.25) is 5.02 Å². The fourth-order valence-electron chi connectivity index (χ4n) is 3.01. The summed E-state index contributed by atoms with van der Waals surface area (Å²) in [6.07, 6.45) is 3.93. The van der Waals surface area contributed by atoms with Crippen LogP contribution in [0.25, 0.3) is 0 Å². The highest BCUT2D eigenvalue weighted by Crippen LogP contribution is 2.29. The third-order valence-electron chi connectivity index (χ3n) is 4.42. The van der Waals surface area contributed by atoms with E-state index in [9.17, 15) is 8.42 Å². The van der Waals surface area contributed by atoms with Crippen LogP contribution in [0.5, 0.6) is 0 Å². The predicted molar refractivity (Wildman–Crippen MR) is 96.9 cm³/mol. The molecule has 1 aromatic carbocycles. The van der Waals surface area contributed by atoms with E-state index in [2.05, 4.69) is 4.98 Å². The van der Waals surface area contributed by atoms with Crippen LogP contribution in [0.15, 0.2) is 34.9 Å². The molecule has 0 N–H and O–H groups in total. The minimum Gasteiger partial charge on any atom is -0.445 e. The van der Waals surface area contributed by atoms with Gasteiger partial charge in [0.2, 0.25) is 0 Å². The highest BCUT2D eigenvalue weighted by atomic mass is 35.5. The summed E-state index contributed by atoms with van der Waals surface area (Å²) in [4.78, 5) is 4.38. The van der Waals surface area contributed by atoms with Gasteiger partial charge in [0.05, 0.1) is 6.20 Å². The molecule has 1 aliphatic rings. The van der Waals surface area contributed by atoms with Gasteiger partial charge < -0.3 is 4.42 Å². The topological polar surface area (TPSA) is 66.7 Å². The Balaban J connectivity index is 1.73. The summed E-state index contributed by atoms with van der Waals surface area (Å²) >= 11 is 6.19. The van der Waals surface area contributed by atoms with Gasteiger partial charge >= 0.3 is 0 Å². The summed E-state index contributed by atoms with van der Waals surface area (Å²) in [6, 6.07) is 7.62. The van der Waals surface area contributed by atoms with Gasteiger partial charge in [0.15, 0.2) is 5.89 Å². The van der Waals surface area contributed by atoms with Gasteiger partial charge in [-0.3, -0.25) is 0 Å². The zero-order chi connectivity index (χ0) is 18.0. The lowest BCUT2D eigenvalue weighted by Gasteiger charge is -2.32. The minimum atomic E-state index is -3.41. The standard InChI is InChI=1S/C17H22ClN3O3S/c1-20(2)25(22,23)21-9-5-7-14(12-21)17-19-11-15(24-17)10-13-6-3-4-8-16(13)18/h3-4,6,8,11,14H,5,7,9-10,12H2,1-2H3/t14-/m1/s1. The van der Waals surface area contributed by atoms with E-state index < -0.39 is 10.2 Å². The maximum Gasteiger partial charge on any atom is 0.281 e. The molecule has 0 radical (unpaired) electrons.